The van der Waals surface area contributed by atoms with Crippen LogP contribution in [0.2, 0.25) is 5.02 Å². The molecule has 3 aromatic rings. The van der Waals surface area contributed by atoms with E-state index in [2.05, 4.69) is 10.4 Å². The van der Waals surface area contributed by atoms with Gasteiger partial charge in [-0.05, 0) is 32.0 Å². The molecule has 0 unspecified atom stereocenters. The fraction of sp³-hybridized carbons (Fsp3) is 0.158. The first-order valence-electron chi connectivity index (χ1n) is 8.33. The number of nitro benzene ring substituents is 1. The van der Waals surface area contributed by atoms with Crippen LogP contribution in [0.4, 0.5) is 11.4 Å². The highest BCUT2D eigenvalue weighted by molar-refractivity contribution is 7.99. The molecule has 0 aliphatic carbocycles. The molecule has 0 atom stereocenters. The number of halogens is 1. The van der Waals surface area contributed by atoms with Crippen molar-refractivity contribution in [3.8, 4) is 0 Å². The van der Waals surface area contributed by atoms with E-state index in [0.29, 0.717) is 21.3 Å². The van der Waals surface area contributed by atoms with Gasteiger partial charge in [-0.3, -0.25) is 19.6 Å². The Hall–Kier alpha value is -2.84. The van der Waals surface area contributed by atoms with Crippen LogP contribution in [-0.2, 0) is 11.3 Å². The summed E-state index contributed by atoms with van der Waals surface area (Å²) >= 11 is 7.33. The largest absolute Gasteiger partial charge is 0.324 e. The summed E-state index contributed by atoms with van der Waals surface area (Å²) < 4.78 is 1.47. The number of rotatable bonds is 6. The summed E-state index contributed by atoms with van der Waals surface area (Å²) in [5.41, 5.74) is 2.06. The van der Waals surface area contributed by atoms with Crippen LogP contribution >= 0.6 is 23.4 Å². The highest BCUT2D eigenvalue weighted by Gasteiger charge is 2.14. The Labute approximate surface area is 170 Å². The molecule has 3 rings (SSSR count). The minimum atomic E-state index is -0.480. The van der Waals surface area contributed by atoms with Gasteiger partial charge in [0.05, 0.1) is 21.8 Å². The van der Waals surface area contributed by atoms with Gasteiger partial charge in [0.15, 0.2) is 0 Å². The van der Waals surface area contributed by atoms with Crippen molar-refractivity contribution in [2.45, 2.75) is 30.2 Å². The summed E-state index contributed by atoms with van der Waals surface area (Å²) in [5.74, 6) is -0.352. The van der Waals surface area contributed by atoms with Gasteiger partial charge >= 0.3 is 0 Å². The van der Waals surface area contributed by atoms with Crippen molar-refractivity contribution in [3.05, 3.63) is 75.1 Å². The number of benzene rings is 2. The first-order chi connectivity index (χ1) is 13.3. The quantitative estimate of drug-likeness (QED) is 0.458. The third-order valence-corrected chi connectivity index (χ3v) is 5.33. The Morgan fingerprint density at radius 3 is 2.54 bits per heavy atom. The predicted molar refractivity (Wildman–Crippen MR) is 109 cm³/mol. The number of amides is 1. The van der Waals surface area contributed by atoms with Gasteiger partial charge in [-0.2, -0.15) is 5.10 Å². The number of non-ortho nitro benzene ring substituents is 1. The zero-order valence-corrected chi connectivity index (χ0v) is 16.8. The molecule has 0 radical (unpaired) electrons. The highest BCUT2D eigenvalue weighted by Crippen LogP contribution is 2.33. The van der Waals surface area contributed by atoms with E-state index in [-0.39, 0.29) is 18.1 Å². The van der Waals surface area contributed by atoms with E-state index < -0.39 is 4.92 Å². The van der Waals surface area contributed by atoms with Gasteiger partial charge in [0.2, 0.25) is 5.91 Å². The van der Waals surface area contributed by atoms with Crippen LogP contribution in [-0.4, -0.2) is 20.6 Å². The maximum atomic E-state index is 12.3. The fourth-order valence-electron chi connectivity index (χ4n) is 2.48. The van der Waals surface area contributed by atoms with Crippen molar-refractivity contribution < 1.29 is 9.72 Å². The lowest BCUT2D eigenvalue weighted by molar-refractivity contribution is -0.385. The van der Waals surface area contributed by atoms with E-state index >= 15 is 0 Å². The molecule has 0 aliphatic heterocycles. The van der Waals surface area contributed by atoms with E-state index in [1.54, 1.807) is 13.0 Å². The van der Waals surface area contributed by atoms with E-state index in [1.165, 1.54) is 34.8 Å². The van der Waals surface area contributed by atoms with Crippen molar-refractivity contribution >= 4 is 40.6 Å². The van der Waals surface area contributed by atoms with Gasteiger partial charge in [0.25, 0.3) is 5.69 Å². The van der Waals surface area contributed by atoms with E-state index in [0.717, 1.165) is 10.5 Å². The number of nitrogens with one attached hydrogen (secondary N) is 1. The maximum Gasteiger partial charge on any atom is 0.272 e. The maximum absolute atomic E-state index is 12.3. The zero-order chi connectivity index (χ0) is 20.3. The molecule has 1 N–H and O–H groups in total. The third kappa shape index (κ3) is 4.90. The lowest BCUT2D eigenvalue weighted by atomic mass is 10.2. The van der Waals surface area contributed by atoms with Gasteiger partial charge in [0.1, 0.15) is 6.54 Å². The molecule has 7 nitrogen and oxygen atoms in total. The first kappa shape index (κ1) is 19.9. The standard InChI is InChI=1S/C19H17ClN4O3S/c1-12-3-5-16(6-4-12)28-17-8-14(7-15(9-17)24(26)27)22-19(25)11-23-13(2)18(20)10-21-23/h3-10H,11H2,1-2H3,(H,22,25). The second-order valence-corrected chi connectivity index (χ2v) is 7.73. The molecular weight excluding hydrogens is 400 g/mol. The zero-order valence-electron chi connectivity index (χ0n) is 15.2. The summed E-state index contributed by atoms with van der Waals surface area (Å²) in [6, 6.07) is 12.4. The number of carbonyl (C=O) groups excluding carboxylic acids is 1. The smallest absolute Gasteiger partial charge is 0.272 e. The number of anilines is 1. The molecular formula is C19H17ClN4O3S. The predicted octanol–water partition coefficient (Wildman–Crippen LogP) is 4.85. The molecule has 2 aromatic carbocycles. The van der Waals surface area contributed by atoms with Crippen LogP contribution in [0.25, 0.3) is 0 Å². The topological polar surface area (TPSA) is 90.1 Å². The summed E-state index contributed by atoms with van der Waals surface area (Å²) in [5, 5.41) is 18.5. The second-order valence-electron chi connectivity index (χ2n) is 6.17. The minimum absolute atomic E-state index is 0.0400. The van der Waals surface area contributed by atoms with Crippen molar-refractivity contribution in [2.75, 3.05) is 5.32 Å². The summed E-state index contributed by atoms with van der Waals surface area (Å²) in [4.78, 5) is 24.7. The van der Waals surface area contributed by atoms with Crippen LogP contribution in [0, 0.1) is 24.0 Å². The number of aromatic nitrogens is 2. The Balaban J connectivity index is 1.80. The fourth-order valence-corrected chi connectivity index (χ4v) is 3.53. The minimum Gasteiger partial charge on any atom is -0.324 e. The van der Waals surface area contributed by atoms with Crippen LogP contribution in [0.3, 0.4) is 0 Å². The Morgan fingerprint density at radius 1 is 1.21 bits per heavy atom. The monoisotopic (exact) mass is 416 g/mol. The molecule has 1 heterocycles. The van der Waals surface area contributed by atoms with E-state index in [4.69, 9.17) is 11.6 Å². The highest BCUT2D eigenvalue weighted by atomic mass is 35.5. The SMILES string of the molecule is Cc1ccc(Sc2cc(NC(=O)Cn3ncc(Cl)c3C)cc([N+](=O)[O-])c2)cc1. The van der Waals surface area contributed by atoms with Crippen LogP contribution in [0.5, 0.6) is 0 Å². The molecule has 0 fully saturated rings. The summed E-state index contributed by atoms with van der Waals surface area (Å²) in [6.45, 7) is 3.71. The Kier molecular flexibility index (Phi) is 6.01. The molecule has 0 aliphatic rings. The Bertz CT molecular complexity index is 1030. The molecule has 1 aromatic heterocycles. The third-order valence-electron chi connectivity index (χ3n) is 3.98. The van der Waals surface area contributed by atoms with Crippen molar-refractivity contribution in [2.24, 2.45) is 0 Å². The van der Waals surface area contributed by atoms with Crippen LogP contribution < -0.4 is 5.32 Å². The molecule has 1 amide bonds. The van der Waals surface area contributed by atoms with Gasteiger partial charge in [-0.1, -0.05) is 41.1 Å². The number of nitro groups is 1. The second kappa shape index (κ2) is 8.45. The van der Waals surface area contributed by atoms with Gasteiger partial charge in [-0.25, -0.2) is 0 Å². The number of aryl methyl sites for hydroxylation is 1. The molecule has 0 saturated heterocycles. The van der Waals surface area contributed by atoms with Crippen molar-refractivity contribution in [1.82, 2.24) is 9.78 Å². The van der Waals surface area contributed by atoms with Crippen LogP contribution in [0.15, 0.2) is 58.5 Å². The number of hydrogen-bond donors (Lipinski definition) is 1. The lowest BCUT2D eigenvalue weighted by Gasteiger charge is -2.09. The molecule has 0 spiro atoms. The normalized spacial score (nSPS) is 10.7. The molecule has 28 heavy (non-hydrogen) atoms. The Morgan fingerprint density at radius 2 is 1.93 bits per heavy atom. The average Bonchev–Trinajstić information content (AvgIpc) is 2.95. The van der Waals surface area contributed by atoms with E-state index in [1.807, 2.05) is 31.2 Å². The summed E-state index contributed by atoms with van der Waals surface area (Å²) in [6.07, 6.45) is 1.47. The van der Waals surface area contributed by atoms with Gasteiger partial charge in [-0.15, -0.1) is 0 Å². The molecule has 0 bridgehead atoms. The van der Waals surface area contributed by atoms with Crippen LogP contribution in [0.1, 0.15) is 11.3 Å². The summed E-state index contributed by atoms with van der Waals surface area (Å²) in [7, 11) is 0. The lowest BCUT2D eigenvalue weighted by Crippen LogP contribution is -2.20. The number of carbonyl (C=O) groups is 1. The van der Waals surface area contributed by atoms with Gasteiger partial charge < -0.3 is 5.32 Å². The average molecular weight is 417 g/mol. The molecule has 144 valence electrons. The van der Waals surface area contributed by atoms with Crippen molar-refractivity contribution in [1.29, 1.82) is 0 Å². The van der Waals surface area contributed by atoms with Gasteiger partial charge in [0, 0.05) is 27.6 Å². The number of nitrogens with zero attached hydrogens (tertiary/aromatic N) is 3. The first-order valence-corrected chi connectivity index (χ1v) is 9.53. The molecule has 9 heteroatoms. The van der Waals surface area contributed by atoms with E-state index in [9.17, 15) is 14.9 Å². The van der Waals surface area contributed by atoms with Crippen molar-refractivity contribution in [3.63, 3.8) is 0 Å². The molecule has 0 saturated carbocycles. The number of hydrogen-bond acceptors (Lipinski definition) is 5.